The summed E-state index contributed by atoms with van der Waals surface area (Å²) in [5, 5.41) is 3.36. The largest absolute Gasteiger partial charge is 0.346 e. The van der Waals surface area contributed by atoms with E-state index in [2.05, 4.69) is 16.0 Å². The van der Waals surface area contributed by atoms with Gasteiger partial charge >= 0.3 is 0 Å². The van der Waals surface area contributed by atoms with Gasteiger partial charge in [0.05, 0.1) is 0 Å². The lowest BCUT2D eigenvalue weighted by atomic mass is 10.1. The summed E-state index contributed by atoms with van der Waals surface area (Å²) in [6.07, 6.45) is 1.05. The highest BCUT2D eigenvalue weighted by Gasteiger charge is 2.16. The maximum absolute atomic E-state index is 13.2. The number of benzene rings is 1. The first-order valence-corrected chi connectivity index (χ1v) is 5.90. The molecule has 0 atom stereocenters. The molecular weight excluding hydrogens is 215 g/mol. The van der Waals surface area contributed by atoms with Gasteiger partial charge in [0, 0.05) is 30.5 Å². The van der Waals surface area contributed by atoms with E-state index in [9.17, 15) is 4.39 Å². The molecule has 0 spiro atoms. The van der Waals surface area contributed by atoms with Crippen molar-refractivity contribution in [3.05, 3.63) is 47.4 Å². The molecule has 1 N–H and O–H groups in total. The van der Waals surface area contributed by atoms with Crippen molar-refractivity contribution in [3.8, 4) is 11.3 Å². The molecule has 3 heteroatoms. The predicted octanol–water partition coefficient (Wildman–Crippen LogP) is 2.48. The average Bonchev–Trinajstić information content (AvgIpc) is 2.68. The Bertz CT molecular complexity index is 557. The van der Waals surface area contributed by atoms with Crippen LogP contribution in [0.1, 0.15) is 11.3 Å². The predicted molar refractivity (Wildman–Crippen MR) is 66.2 cm³/mol. The Kier molecular flexibility index (Phi) is 2.48. The van der Waals surface area contributed by atoms with Crippen molar-refractivity contribution < 1.29 is 4.39 Å². The van der Waals surface area contributed by atoms with Crippen molar-refractivity contribution in [1.82, 2.24) is 9.88 Å². The third-order valence-corrected chi connectivity index (χ3v) is 3.43. The van der Waals surface area contributed by atoms with Crippen molar-refractivity contribution in [2.45, 2.75) is 13.0 Å². The lowest BCUT2D eigenvalue weighted by molar-refractivity contribution is 0.611. The lowest BCUT2D eigenvalue weighted by Gasteiger charge is -2.15. The molecule has 1 aromatic heterocycles. The van der Waals surface area contributed by atoms with Gasteiger partial charge in [-0.3, -0.25) is 0 Å². The van der Waals surface area contributed by atoms with E-state index in [1.807, 2.05) is 13.1 Å². The number of hydrogen-bond acceptors (Lipinski definition) is 1. The first-order valence-electron chi connectivity index (χ1n) is 5.90. The van der Waals surface area contributed by atoms with Crippen molar-refractivity contribution in [2.75, 3.05) is 6.54 Å². The van der Waals surface area contributed by atoms with Crippen LogP contribution in [0.25, 0.3) is 11.3 Å². The van der Waals surface area contributed by atoms with E-state index in [0.717, 1.165) is 30.8 Å². The normalized spacial score (nSPS) is 14.7. The van der Waals surface area contributed by atoms with Gasteiger partial charge in [-0.1, -0.05) is 12.1 Å². The summed E-state index contributed by atoms with van der Waals surface area (Å²) in [7, 11) is 2.05. The van der Waals surface area contributed by atoms with Crippen molar-refractivity contribution in [2.24, 2.45) is 7.05 Å². The van der Waals surface area contributed by atoms with Crippen molar-refractivity contribution in [1.29, 1.82) is 0 Å². The van der Waals surface area contributed by atoms with E-state index in [0.29, 0.717) is 0 Å². The fourth-order valence-electron chi connectivity index (χ4n) is 2.51. The summed E-state index contributed by atoms with van der Waals surface area (Å²) in [5.74, 6) is -0.181. The number of aromatic nitrogens is 1. The van der Waals surface area contributed by atoms with Crippen LogP contribution in [0.5, 0.6) is 0 Å². The van der Waals surface area contributed by atoms with Crippen LogP contribution in [0.15, 0.2) is 30.3 Å². The van der Waals surface area contributed by atoms with Gasteiger partial charge in [0.1, 0.15) is 5.82 Å². The van der Waals surface area contributed by atoms with E-state index in [1.165, 1.54) is 17.3 Å². The summed E-state index contributed by atoms with van der Waals surface area (Å²) in [4.78, 5) is 0. The highest BCUT2D eigenvalue weighted by Crippen LogP contribution is 2.27. The van der Waals surface area contributed by atoms with Crippen LogP contribution in [0, 0.1) is 5.82 Å². The Morgan fingerprint density at radius 2 is 2.18 bits per heavy atom. The van der Waals surface area contributed by atoms with Crippen LogP contribution in [-0.4, -0.2) is 11.1 Å². The number of halogens is 1. The summed E-state index contributed by atoms with van der Waals surface area (Å²) in [6, 6.07) is 8.97. The van der Waals surface area contributed by atoms with E-state index >= 15 is 0 Å². The van der Waals surface area contributed by atoms with E-state index in [1.54, 1.807) is 12.1 Å². The molecule has 0 radical (unpaired) electrons. The molecule has 2 heterocycles. The third kappa shape index (κ3) is 1.76. The van der Waals surface area contributed by atoms with E-state index in [4.69, 9.17) is 0 Å². The molecule has 2 aromatic rings. The van der Waals surface area contributed by atoms with Crippen LogP contribution < -0.4 is 5.32 Å². The van der Waals surface area contributed by atoms with Crippen molar-refractivity contribution in [3.63, 3.8) is 0 Å². The smallest absolute Gasteiger partial charge is 0.123 e. The number of nitrogens with zero attached hydrogens (tertiary/aromatic N) is 1. The highest BCUT2D eigenvalue weighted by molar-refractivity contribution is 5.62. The molecular formula is C14H15FN2. The maximum Gasteiger partial charge on any atom is 0.123 e. The number of hydrogen-bond donors (Lipinski definition) is 1. The van der Waals surface area contributed by atoms with Gasteiger partial charge in [0.25, 0.3) is 0 Å². The molecule has 88 valence electrons. The fraction of sp³-hybridized carbons (Fsp3) is 0.286. The second-order valence-corrected chi connectivity index (χ2v) is 4.50. The molecule has 0 bridgehead atoms. The zero-order valence-corrected chi connectivity index (χ0v) is 9.83. The minimum absolute atomic E-state index is 0.181. The molecule has 0 aliphatic carbocycles. The molecule has 0 amide bonds. The molecule has 2 nitrogen and oxygen atoms in total. The standard InChI is InChI=1S/C14H15FN2/c1-17-13(10-3-2-4-12(15)7-10)8-11-5-6-16-9-14(11)17/h2-4,7-8,16H,5-6,9H2,1H3. The topological polar surface area (TPSA) is 17.0 Å². The molecule has 0 saturated heterocycles. The molecule has 1 aliphatic rings. The Morgan fingerprint density at radius 3 is 2.94 bits per heavy atom. The van der Waals surface area contributed by atoms with Crippen LogP contribution >= 0.6 is 0 Å². The zero-order chi connectivity index (χ0) is 11.8. The van der Waals surface area contributed by atoms with Gasteiger partial charge in [-0.15, -0.1) is 0 Å². The first-order chi connectivity index (χ1) is 8.25. The Morgan fingerprint density at radius 1 is 1.29 bits per heavy atom. The summed E-state index contributed by atoms with van der Waals surface area (Å²) < 4.78 is 15.4. The highest BCUT2D eigenvalue weighted by atomic mass is 19.1. The van der Waals surface area contributed by atoms with E-state index < -0.39 is 0 Å². The molecule has 3 rings (SSSR count). The minimum Gasteiger partial charge on any atom is -0.346 e. The Labute approximate surface area is 100 Å². The molecule has 1 aliphatic heterocycles. The molecule has 1 aromatic carbocycles. The quantitative estimate of drug-likeness (QED) is 0.796. The summed E-state index contributed by atoms with van der Waals surface area (Å²) in [5.41, 5.74) is 4.74. The Balaban J connectivity index is 2.12. The van der Waals surface area contributed by atoms with Crippen LogP contribution in [-0.2, 0) is 20.0 Å². The van der Waals surface area contributed by atoms with Gasteiger partial charge < -0.3 is 9.88 Å². The SMILES string of the molecule is Cn1c(-c2cccc(F)c2)cc2c1CNCC2. The zero-order valence-electron chi connectivity index (χ0n) is 9.83. The monoisotopic (exact) mass is 230 g/mol. The first kappa shape index (κ1) is 10.5. The van der Waals surface area contributed by atoms with Crippen LogP contribution in [0.4, 0.5) is 4.39 Å². The number of nitrogens with one attached hydrogen (secondary N) is 1. The number of rotatable bonds is 1. The maximum atomic E-state index is 13.2. The second-order valence-electron chi connectivity index (χ2n) is 4.50. The van der Waals surface area contributed by atoms with Crippen molar-refractivity contribution >= 4 is 0 Å². The molecule has 0 saturated carbocycles. The molecule has 17 heavy (non-hydrogen) atoms. The average molecular weight is 230 g/mol. The lowest BCUT2D eigenvalue weighted by Crippen LogP contribution is -2.24. The third-order valence-electron chi connectivity index (χ3n) is 3.43. The minimum atomic E-state index is -0.181. The van der Waals surface area contributed by atoms with Crippen LogP contribution in [0.2, 0.25) is 0 Å². The summed E-state index contributed by atoms with van der Waals surface area (Å²) in [6.45, 7) is 1.93. The summed E-state index contributed by atoms with van der Waals surface area (Å²) >= 11 is 0. The van der Waals surface area contributed by atoms with Gasteiger partial charge in [-0.2, -0.15) is 0 Å². The van der Waals surface area contributed by atoms with E-state index in [-0.39, 0.29) is 5.82 Å². The van der Waals surface area contributed by atoms with Crippen LogP contribution in [0.3, 0.4) is 0 Å². The fourth-order valence-corrected chi connectivity index (χ4v) is 2.51. The van der Waals surface area contributed by atoms with Gasteiger partial charge in [0.15, 0.2) is 0 Å². The Hall–Kier alpha value is -1.61. The van der Waals surface area contributed by atoms with Gasteiger partial charge in [-0.05, 0) is 36.7 Å². The molecule has 0 unspecified atom stereocenters. The van der Waals surface area contributed by atoms with Gasteiger partial charge in [0.2, 0.25) is 0 Å². The number of fused-ring (bicyclic) bond motifs is 1. The van der Waals surface area contributed by atoms with Gasteiger partial charge in [-0.25, -0.2) is 4.39 Å². The molecule has 0 fully saturated rings. The second kappa shape index (κ2) is 4.00.